The summed E-state index contributed by atoms with van der Waals surface area (Å²) in [4.78, 5) is 29.8. The fourth-order valence-electron chi connectivity index (χ4n) is 3.62. The number of carbonyl (C=O) groups is 2. The van der Waals surface area contributed by atoms with Gasteiger partial charge in [0, 0.05) is 12.6 Å². The molecule has 1 aliphatic heterocycles. The molecule has 0 saturated carbocycles. The molecule has 1 unspecified atom stereocenters. The van der Waals surface area contributed by atoms with Gasteiger partial charge in [-0.2, -0.15) is 0 Å². The summed E-state index contributed by atoms with van der Waals surface area (Å²) in [5.74, 6) is -0.148. The summed E-state index contributed by atoms with van der Waals surface area (Å²) < 4.78 is 16.0. The minimum atomic E-state index is -1.16. The molecule has 0 aromatic heterocycles. The van der Waals surface area contributed by atoms with E-state index in [-0.39, 0.29) is 6.42 Å². The van der Waals surface area contributed by atoms with E-state index in [9.17, 15) is 9.59 Å². The zero-order valence-electron chi connectivity index (χ0n) is 19.4. The van der Waals surface area contributed by atoms with Crippen LogP contribution in [0.4, 0.5) is 0 Å². The van der Waals surface area contributed by atoms with Crippen molar-refractivity contribution >= 4 is 18.2 Å². The maximum atomic E-state index is 13.1. The molecule has 2 aromatic rings. The highest BCUT2D eigenvalue weighted by atomic mass is 16.6. The highest BCUT2D eigenvalue weighted by Gasteiger charge is 2.41. The summed E-state index contributed by atoms with van der Waals surface area (Å²) in [7, 11) is 2.96. The van der Waals surface area contributed by atoms with Gasteiger partial charge in [0.05, 0.1) is 19.8 Å². The highest BCUT2D eigenvalue weighted by molar-refractivity contribution is 5.94. The molecule has 1 atom stereocenters. The first-order chi connectivity index (χ1) is 15.1. The maximum absolute atomic E-state index is 13.1. The zero-order valence-corrected chi connectivity index (χ0v) is 19.4. The number of hydrogen-bond acceptors (Lipinski definition) is 6. The predicted octanol–water partition coefficient (Wildman–Crippen LogP) is 4.72. The summed E-state index contributed by atoms with van der Waals surface area (Å²) in [6.45, 7) is 7.36. The smallest absolute Gasteiger partial charge is 0.338 e. The number of rotatable bonds is 6. The third-order valence-corrected chi connectivity index (χ3v) is 5.24. The number of benzene rings is 2. The van der Waals surface area contributed by atoms with Gasteiger partial charge in [0.2, 0.25) is 0 Å². The third kappa shape index (κ3) is 4.90. The average Bonchev–Trinajstić information content (AvgIpc) is 3.22. The molecule has 1 heterocycles. The monoisotopic (exact) mass is 435 g/mol. The molecule has 0 fully saturated rings. The van der Waals surface area contributed by atoms with Crippen molar-refractivity contribution in [2.24, 2.45) is 4.99 Å². The number of ether oxygens (including phenoxy) is 3. The van der Waals surface area contributed by atoms with Gasteiger partial charge in [0.15, 0.2) is 5.54 Å². The molecule has 2 aromatic carbocycles. The summed E-state index contributed by atoms with van der Waals surface area (Å²) in [5.41, 5.74) is 2.06. The first kappa shape index (κ1) is 23.3. The molecule has 32 heavy (non-hydrogen) atoms. The van der Waals surface area contributed by atoms with E-state index in [0.29, 0.717) is 11.3 Å². The summed E-state index contributed by atoms with van der Waals surface area (Å²) in [5, 5.41) is 0. The van der Waals surface area contributed by atoms with Gasteiger partial charge in [-0.1, -0.05) is 18.2 Å². The molecule has 6 heteroatoms. The van der Waals surface area contributed by atoms with Crippen molar-refractivity contribution in [2.45, 2.75) is 45.3 Å². The average molecular weight is 436 g/mol. The van der Waals surface area contributed by atoms with Crippen molar-refractivity contribution in [1.29, 1.82) is 0 Å². The molecule has 0 bridgehead atoms. The van der Waals surface area contributed by atoms with Crippen LogP contribution < -0.4 is 4.74 Å². The Morgan fingerprint density at radius 1 is 1.06 bits per heavy atom. The van der Waals surface area contributed by atoms with Crippen molar-refractivity contribution in [2.75, 3.05) is 14.2 Å². The van der Waals surface area contributed by atoms with Gasteiger partial charge >= 0.3 is 11.9 Å². The van der Waals surface area contributed by atoms with Gasteiger partial charge in [-0.25, -0.2) is 9.59 Å². The second kappa shape index (κ2) is 8.99. The highest BCUT2D eigenvalue weighted by Crippen LogP contribution is 2.35. The Bertz CT molecular complexity index is 1080. The molecule has 0 saturated heterocycles. The Hall–Kier alpha value is -3.41. The summed E-state index contributed by atoms with van der Waals surface area (Å²) in [6.07, 6.45) is 5.41. The molecule has 1 aliphatic rings. The van der Waals surface area contributed by atoms with Gasteiger partial charge in [0.1, 0.15) is 11.4 Å². The second-order valence-corrected chi connectivity index (χ2v) is 8.78. The van der Waals surface area contributed by atoms with Crippen molar-refractivity contribution < 1.29 is 23.8 Å². The van der Waals surface area contributed by atoms with E-state index in [0.717, 1.165) is 22.3 Å². The predicted molar refractivity (Wildman–Crippen MR) is 124 cm³/mol. The molecule has 0 radical (unpaired) electrons. The Morgan fingerprint density at radius 2 is 1.81 bits per heavy atom. The number of aryl methyl sites for hydroxylation is 1. The van der Waals surface area contributed by atoms with Crippen LogP contribution in [-0.2, 0) is 20.7 Å². The molecule has 6 nitrogen and oxygen atoms in total. The Kier molecular flexibility index (Phi) is 6.53. The summed E-state index contributed by atoms with van der Waals surface area (Å²) >= 11 is 0. The minimum absolute atomic E-state index is 0.281. The van der Waals surface area contributed by atoms with Crippen LogP contribution in [0.25, 0.3) is 11.1 Å². The van der Waals surface area contributed by atoms with Crippen molar-refractivity contribution in [3.63, 3.8) is 0 Å². The number of aliphatic imine (C=N–C) groups is 1. The SMILES string of the molecule is COC(=O)c1cc(-c2ccc(OC)cc2CC2(C(=O)OC(C)(C)C)C=CC=N2)ccc1C. The first-order valence-corrected chi connectivity index (χ1v) is 10.4. The Balaban J connectivity index is 2.09. The lowest BCUT2D eigenvalue weighted by Gasteiger charge is -2.29. The van der Waals surface area contributed by atoms with Crippen LogP contribution in [0.5, 0.6) is 5.75 Å². The van der Waals surface area contributed by atoms with E-state index in [1.807, 2.05) is 58.0 Å². The van der Waals surface area contributed by atoms with E-state index >= 15 is 0 Å². The van der Waals surface area contributed by atoms with Crippen LogP contribution in [0, 0.1) is 6.92 Å². The first-order valence-electron chi connectivity index (χ1n) is 10.4. The van der Waals surface area contributed by atoms with Crippen LogP contribution in [0.15, 0.2) is 53.5 Å². The molecule has 0 spiro atoms. The Labute approximate surface area is 188 Å². The van der Waals surface area contributed by atoms with E-state index in [1.54, 1.807) is 31.5 Å². The van der Waals surface area contributed by atoms with E-state index < -0.39 is 23.1 Å². The number of esters is 2. The van der Waals surface area contributed by atoms with Crippen molar-refractivity contribution in [3.8, 4) is 16.9 Å². The van der Waals surface area contributed by atoms with E-state index in [4.69, 9.17) is 14.2 Å². The fourth-order valence-corrected chi connectivity index (χ4v) is 3.62. The van der Waals surface area contributed by atoms with Crippen molar-refractivity contribution in [3.05, 3.63) is 65.2 Å². The van der Waals surface area contributed by atoms with Gasteiger partial charge in [-0.3, -0.25) is 4.99 Å². The van der Waals surface area contributed by atoms with Gasteiger partial charge < -0.3 is 14.2 Å². The topological polar surface area (TPSA) is 74.2 Å². The van der Waals surface area contributed by atoms with Crippen LogP contribution in [0.2, 0.25) is 0 Å². The molecule has 168 valence electrons. The van der Waals surface area contributed by atoms with Crippen LogP contribution in [0.3, 0.4) is 0 Å². The number of allylic oxidation sites excluding steroid dienone is 1. The van der Waals surface area contributed by atoms with Crippen LogP contribution in [-0.4, -0.2) is 43.5 Å². The zero-order chi connectivity index (χ0) is 23.5. The molecule has 0 N–H and O–H groups in total. The van der Waals surface area contributed by atoms with Gasteiger partial charge in [-0.05, 0) is 80.3 Å². The summed E-state index contributed by atoms with van der Waals surface area (Å²) in [6, 6.07) is 11.3. The normalized spacial score (nSPS) is 17.3. The lowest BCUT2D eigenvalue weighted by Crippen LogP contribution is -2.41. The number of carbonyl (C=O) groups excluding carboxylic acids is 2. The van der Waals surface area contributed by atoms with E-state index in [2.05, 4.69) is 4.99 Å². The standard InChI is InChI=1S/C26H29NO5/c1-17-8-9-18(15-22(17)23(28)31-6)21-11-10-20(30-5)14-19(21)16-26(12-7-13-27-26)24(29)32-25(2,3)4/h7-15H,16H2,1-6H3. The second-order valence-electron chi connectivity index (χ2n) is 8.78. The fraction of sp³-hybridized carbons (Fsp3) is 0.346. The molecular weight excluding hydrogens is 406 g/mol. The minimum Gasteiger partial charge on any atom is -0.497 e. The molecule has 0 aliphatic carbocycles. The number of methoxy groups -OCH3 is 2. The molecule has 0 amide bonds. The molecule has 3 rings (SSSR count). The Morgan fingerprint density at radius 3 is 2.41 bits per heavy atom. The maximum Gasteiger partial charge on any atom is 0.338 e. The number of nitrogens with zero attached hydrogens (tertiary/aromatic N) is 1. The van der Waals surface area contributed by atoms with Crippen LogP contribution in [0.1, 0.15) is 42.3 Å². The lowest BCUT2D eigenvalue weighted by molar-refractivity contribution is -0.159. The third-order valence-electron chi connectivity index (χ3n) is 5.24. The largest absolute Gasteiger partial charge is 0.497 e. The molecular formula is C26H29NO5. The van der Waals surface area contributed by atoms with Crippen LogP contribution >= 0.6 is 0 Å². The van der Waals surface area contributed by atoms with Gasteiger partial charge in [-0.15, -0.1) is 0 Å². The van der Waals surface area contributed by atoms with E-state index in [1.165, 1.54) is 7.11 Å². The lowest BCUT2D eigenvalue weighted by atomic mass is 9.86. The van der Waals surface area contributed by atoms with Gasteiger partial charge in [0.25, 0.3) is 0 Å². The quantitative estimate of drug-likeness (QED) is 0.614. The van der Waals surface area contributed by atoms with Crippen molar-refractivity contribution in [1.82, 2.24) is 0 Å². The number of hydrogen-bond donors (Lipinski definition) is 0.